The molecule has 0 spiro atoms. The van der Waals surface area contributed by atoms with Crippen LogP contribution in [0.25, 0.3) is 5.65 Å². The number of hydrogen-bond donors (Lipinski definition) is 0. The summed E-state index contributed by atoms with van der Waals surface area (Å²) in [7, 11) is 0. The van der Waals surface area contributed by atoms with Gasteiger partial charge in [0.1, 0.15) is 9.63 Å². The van der Waals surface area contributed by atoms with Gasteiger partial charge in [-0.2, -0.15) is 0 Å². The highest BCUT2D eigenvalue weighted by molar-refractivity contribution is 9.10. The standard InChI is InChI=1S/C10H12BrN3S/c1-3-7(2)15-10-9-12-4-5-14(9)6-8(11)13-10/h4-7H,3H2,1-2H3. The maximum atomic E-state index is 4.46. The number of thioether (sulfide) groups is 1. The van der Waals surface area contributed by atoms with Gasteiger partial charge in [0, 0.05) is 23.8 Å². The van der Waals surface area contributed by atoms with Crippen LogP contribution in [0, 0.1) is 0 Å². The zero-order valence-electron chi connectivity index (χ0n) is 8.64. The van der Waals surface area contributed by atoms with Gasteiger partial charge < -0.3 is 4.40 Å². The molecule has 2 heterocycles. The Labute approximate surface area is 101 Å². The summed E-state index contributed by atoms with van der Waals surface area (Å²) < 4.78 is 2.83. The molecule has 0 amide bonds. The molecule has 15 heavy (non-hydrogen) atoms. The molecule has 2 aromatic rings. The molecule has 0 aliphatic carbocycles. The molecule has 2 aromatic heterocycles. The van der Waals surface area contributed by atoms with Crippen molar-refractivity contribution in [1.82, 2.24) is 14.4 Å². The Bertz CT molecular complexity index is 469. The molecular formula is C10H12BrN3S. The predicted molar refractivity (Wildman–Crippen MR) is 66.3 cm³/mol. The second-order valence-corrected chi connectivity index (χ2v) is 5.60. The monoisotopic (exact) mass is 285 g/mol. The van der Waals surface area contributed by atoms with Gasteiger partial charge in [-0.15, -0.1) is 0 Å². The third kappa shape index (κ3) is 2.34. The van der Waals surface area contributed by atoms with Crippen molar-refractivity contribution < 1.29 is 0 Å². The molecule has 0 saturated heterocycles. The number of rotatable bonds is 3. The third-order valence-corrected chi connectivity index (χ3v) is 3.82. The molecular weight excluding hydrogens is 274 g/mol. The van der Waals surface area contributed by atoms with E-state index in [2.05, 4.69) is 39.7 Å². The number of imidazole rings is 1. The Hall–Kier alpha value is -0.550. The number of aromatic nitrogens is 3. The second-order valence-electron chi connectivity index (χ2n) is 3.36. The third-order valence-electron chi connectivity index (χ3n) is 2.20. The summed E-state index contributed by atoms with van der Waals surface area (Å²) in [4.78, 5) is 8.76. The topological polar surface area (TPSA) is 30.2 Å². The minimum Gasteiger partial charge on any atom is -0.302 e. The van der Waals surface area contributed by atoms with Crippen LogP contribution in [-0.2, 0) is 0 Å². The second kappa shape index (κ2) is 4.53. The Morgan fingerprint density at radius 3 is 3.13 bits per heavy atom. The number of hydrogen-bond acceptors (Lipinski definition) is 3. The van der Waals surface area contributed by atoms with Gasteiger partial charge in [0.25, 0.3) is 0 Å². The largest absolute Gasteiger partial charge is 0.302 e. The van der Waals surface area contributed by atoms with Crippen LogP contribution in [-0.4, -0.2) is 19.6 Å². The molecule has 0 N–H and O–H groups in total. The van der Waals surface area contributed by atoms with Crippen molar-refractivity contribution in [2.75, 3.05) is 0 Å². The van der Waals surface area contributed by atoms with E-state index in [1.165, 1.54) is 0 Å². The van der Waals surface area contributed by atoms with E-state index in [-0.39, 0.29) is 0 Å². The van der Waals surface area contributed by atoms with Crippen LogP contribution < -0.4 is 0 Å². The average Bonchev–Trinajstić information content (AvgIpc) is 2.65. The Balaban J connectivity index is 2.44. The van der Waals surface area contributed by atoms with E-state index in [9.17, 15) is 0 Å². The zero-order chi connectivity index (χ0) is 10.8. The molecule has 0 aliphatic rings. The predicted octanol–water partition coefficient (Wildman–Crippen LogP) is 3.38. The van der Waals surface area contributed by atoms with E-state index in [4.69, 9.17) is 0 Å². The molecule has 0 aromatic carbocycles. The fraction of sp³-hybridized carbons (Fsp3) is 0.400. The first-order valence-corrected chi connectivity index (χ1v) is 6.54. The van der Waals surface area contributed by atoms with Crippen LogP contribution in [0.3, 0.4) is 0 Å². The summed E-state index contributed by atoms with van der Waals surface area (Å²) >= 11 is 5.17. The van der Waals surface area contributed by atoms with E-state index >= 15 is 0 Å². The van der Waals surface area contributed by atoms with E-state index in [1.807, 2.05) is 16.8 Å². The first-order valence-electron chi connectivity index (χ1n) is 4.86. The van der Waals surface area contributed by atoms with Crippen LogP contribution in [0.2, 0.25) is 0 Å². The van der Waals surface area contributed by atoms with E-state index in [0.717, 1.165) is 21.7 Å². The maximum absolute atomic E-state index is 4.46. The van der Waals surface area contributed by atoms with Gasteiger partial charge in [0.15, 0.2) is 5.65 Å². The fourth-order valence-corrected chi connectivity index (χ4v) is 2.70. The van der Waals surface area contributed by atoms with E-state index in [1.54, 1.807) is 18.0 Å². The number of nitrogens with zero attached hydrogens (tertiary/aromatic N) is 3. The molecule has 0 fully saturated rings. The summed E-state index contributed by atoms with van der Waals surface area (Å²) in [6.45, 7) is 4.38. The van der Waals surface area contributed by atoms with Crippen LogP contribution in [0.5, 0.6) is 0 Å². The fourth-order valence-electron chi connectivity index (χ4n) is 1.23. The van der Waals surface area contributed by atoms with E-state index < -0.39 is 0 Å². The van der Waals surface area contributed by atoms with Crippen molar-refractivity contribution >= 4 is 33.3 Å². The van der Waals surface area contributed by atoms with Crippen molar-refractivity contribution in [1.29, 1.82) is 0 Å². The van der Waals surface area contributed by atoms with Crippen molar-refractivity contribution in [3.05, 3.63) is 23.2 Å². The molecule has 0 bridgehead atoms. The molecule has 2 rings (SSSR count). The summed E-state index contributed by atoms with van der Waals surface area (Å²) in [6, 6.07) is 0. The van der Waals surface area contributed by atoms with Gasteiger partial charge in [-0.3, -0.25) is 0 Å². The molecule has 80 valence electrons. The maximum Gasteiger partial charge on any atom is 0.169 e. The smallest absolute Gasteiger partial charge is 0.169 e. The van der Waals surface area contributed by atoms with Gasteiger partial charge in [-0.1, -0.05) is 25.6 Å². The summed E-state index contributed by atoms with van der Waals surface area (Å²) in [5.74, 6) is 0. The minimum atomic E-state index is 0.562. The van der Waals surface area contributed by atoms with Gasteiger partial charge in [-0.25, -0.2) is 9.97 Å². The first-order chi connectivity index (χ1) is 7.20. The van der Waals surface area contributed by atoms with Crippen molar-refractivity contribution in [3.8, 4) is 0 Å². The summed E-state index contributed by atoms with van der Waals surface area (Å²) in [6.07, 6.45) is 6.78. The molecule has 0 saturated carbocycles. The lowest BCUT2D eigenvalue weighted by molar-refractivity contribution is 0.897. The Morgan fingerprint density at radius 2 is 2.40 bits per heavy atom. The molecule has 0 radical (unpaired) electrons. The highest BCUT2D eigenvalue weighted by Gasteiger charge is 2.10. The first kappa shape index (κ1) is 11.0. The lowest BCUT2D eigenvalue weighted by Crippen LogP contribution is -1.97. The van der Waals surface area contributed by atoms with Gasteiger partial charge in [-0.05, 0) is 22.4 Å². The molecule has 5 heteroatoms. The lowest BCUT2D eigenvalue weighted by atomic mass is 10.4. The lowest BCUT2D eigenvalue weighted by Gasteiger charge is -2.08. The van der Waals surface area contributed by atoms with Crippen LogP contribution in [0.1, 0.15) is 20.3 Å². The number of fused-ring (bicyclic) bond motifs is 1. The molecule has 1 unspecified atom stereocenters. The van der Waals surface area contributed by atoms with Crippen molar-refractivity contribution in [3.63, 3.8) is 0 Å². The van der Waals surface area contributed by atoms with Gasteiger partial charge >= 0.3 is 0 Å². The highest BCUT2D eigenvalue weighted by atomic mass is 79.9. The Kier molecular flexibility index (Phi) is 3.31. The summed E-state index contributed by atoms with van der Waals surface area (Å²) in [5, 5.41) is 1.55. The minimum absolute atomic E-state index is 0.562. The molecule has 0 aliphatic heterocycles. The molecule has 1 atom stereocenters. The normalized spacial score (nSPS) is 13.3. The SMILES string of the molecule is CCC(C)Sc1nc(Br)cn2ccnc12. The van der Waals surface area contributed by atoms with Crippen molar-refractivity contribution in [2.24, 2.45) is 0 Å². The molecule has 3 nitrogen and oxygen atoms in total. The van der Waals surface area contributed by atoms with Gasteiger partial charge in [0.05, 0.1) is 0 Å². The van der Waals surface area contributed by atoms with Gasteiger partial charge in [0.2, 0.25) is 0 Å². The van der Waals surface area contributed by atoms with Crippen LogP contribution >= 0.6 is 27.7 Å². The van der Waals surface area contributed by atoms with Crippen molar-refractivity contribution in [2.45, 2.75) is 30.5 Å². The highest BCUT2D eigenvalue weighted by Crippen LogP contribution is 2.27. The average molecular weight is 286 g/mol. The summed E-state index contributed by atoms with van der Waals surface area (Å²) in [5.41, 5.74) is 0.934. The van der Waals surface area contributed by atoms with Crippen LogP contribution in [0.4, 0.5) is 0 Å². The van der Waals surface area contributed by atoms with Crippen LogP contribution in [0.15, 0.2) is 28.2 Å². The quantitative estimate of drug-likeness (QED) is 0.810. The number of halogens is 1. The van der Waals surface area contributed by atoms with E-state index in [0.29, 0.717) is 5.25 Å². The zero-order valence-corrected chi connectivity index (χ0v) is 11.0. The Morgan fingerprint density at radius 1 is 1.60 bits per heavy atom.